The Labute approximate surface area is 196 Å². The summed E-state index contributed by atoms with van der Waals surface area (Å²) in [7, 11) is -3.55. The van der Waals surface area contributed by atoms with Gasteiger partial charge in [0.25, 0.3) is 0 Å². The predicted octanol–water partition coefficient (Wildman–Crippen LogP) is 6.09. The van der Waals surface area contributed by atoms with Crippen LogP contribution in [-0.2, 0) is 22.9 Å². The van der Waals surface area contributed by atoms with E-state index in [4.69, 9.17) is 0 Å². The van der Waals surface area contributed by atoms with Gasteiger partial charge in [0.05, 0.1) is 4.90 Å². The summed E-state index contributed by atoms with van der Waals surface area (Å²) in [6.45, 7) is 0.356. The molecule has 5 rings (SSSR count). The van der Waals surface area contributed by atoms with Crippen molar-refractivity contribution in [1.82, 2.24) is 9.71 Å². The molecule has 1 aliphatic carbocycles. The van der Waals surface area contributed by atoms with E-state index in [0.29, 0.717) is 17.9 Å². The number of aromatic amines is 1. The van der Waals surface area contributed by atoms with E-state index < -0.39 is 10.0 Å². The Morgan fingerprint density at radius 3 is 2.24 bits per heavy atom. The Hall–Kier alpha value is -2.89. The maximum Gasteiger partial charge on any atom is 0.240 e. The van der Waals surface area contributed by atoms with E-state index in [2.05, 4.69) is 40.0 Å². The average Bonchev–Trinajstić information content (AvgIpc) is 3.50. The Morgan fingerprint density at radius 1 is 0.848 bits per heavy atom. The minimum atomic E-state index is -3.55. The van der Waals surface area contributed by atoms with Crippen LogP contribution in [0.25, 0.3) is 22.0 Å². The summed E-state index contributed by atoms with van der Waals surface area (Å²) < 4.78 is 28.3. The van der Waals surface area contributed by atoms with Crippen LogP contribution in [0.4, 0.5) is 0 Å². The molecule has 1 aliphatic rings. The number of hydrogen-bond donors (Lipinski definition) is 2. The monoisotopic (exact) mass is 458 g/mol. The van der Waals surface area contributed by atoms with Gasteiger partial charge in [-0.1, -0.05) is 80.3 Å². The molecular weight excluding hydrogens is 428 g/mol. The van der Waals surface area contributed by atoms with Gasteiger partial charge in [-0.05, 0) is 59.2 Å². The van der Waals surface area contributed by atoms with Gasteiger partial charge in [-0.15, -0.1) is 0 Å². The lowest BCUT2D eigenvalue weighted by Gasteiger charge is -2.10. The molecule has 170 valence electrons. The van der Waals surface area contributed by atoms with Gasteiger partial charge in [0.15, 0.2) is 0 Å². The van der Waals surface area contributed by atoms with E-state index in [1.165, 1.54) is 37.7 Å². The Kier molecular flexibility index (Phi) is 6.34. The van der Waals surface area contributed by atoms with Crippen LogP contribution in [0.1, 0.15) is 36.8 Å². The molecule has 0 atom stereocenters. The molecule has 1 aromatic heterocycles. The number of aromatic nitrogens is 1. The lowest BCUT2D eigenvalue weighted by molar-refractivity contribution is 0.546. The standard InChI is InChI=1S/C28H30N2O2S/c31-33(32,30-18-17-25-20-29-28-8-4-3-7-27(25)28)26-15-13-24(14-16-26)23-11-9-22(10-12-23)19-21-5-1-2-6-21/h3-4,7-16,20-21,29-30H,1-2,5-6,17-19H2. The number of hydrogen-bond acceptors (Lipinski definition) is 2. The maximum absolute atomic E-state index is 12.8. The Balaban J connectivity index is 1.20. The molecule has 4 nitrogen and oxygen atoms in total. The van der Waals surface area contributed by atoms with Crippen LogP contribution in [0, 0.1) is 5.92 Å². The number of fused-ring (bicyclic) bond motifs is 1. The van der Waals surface area contributed by atoms with Gasteiger partial charge < -0.3 is 4.98 Å². The number of nitrogens with one attached hydrogen (secondary N) is 2. The van der Waals surface area contributed by atoms with Gasteiger partial charge in [-0.3, -0.25) is 0 Å². The molecule has 0 amide bonds. The first-order valence-corrected chi connectivity index (χ1v) is 13.3. The van der Waals surface area contributed by atoms with Gasteiger partial charge in [-0.2, -0.15) is 0 Å². The lowest BCUT2D eigenvalue weighted by atomic mass is 9.96. The van der Waals surface area contributed by atoms with Crippen LogP contribution in [-0.4, -0.2) is 19.9 Å². The van der Waals surface area contributed by atoms with Gasteiger partial charge in [-0.25, -0.2) is 13.1 Å². The van der Waals surface area contributed by atoms with Gasteiger partial charge in [0.2, 0.25) is 10.0 Å². The summed E-state index contributed by atoms with van der Waals surface area (Å²) in [6.07, 6.45) is 9.20. The molecule has 4 aromatic rings. The maximum atomic E-state index is 12.8. The zero-order valence-electron chi connectivity index (χ0n) is 18.8. The average molecular weight is 459 g/mol. The molecule has 1 fully saturated rings. The van der Waals surface area contributed by atoms with Gasteiger partial charge >= 0.3 is 0 Å². The molecule has 1 heterocycles. The van der Waals surface area contributed by atoms with Crippen molar-refractivity contribution in [2.45, 2.75) is 43.4 Å². The third-order valence-electron chi connectivity index (χ3n) is 6.81. The van der Waals surface area contributed by atoms with Crippen LogP contribution in [0.5, 0.6) is 0 Å². The fourth-order valence-corrected chi connectivity index (χ4v) is 5.98. The molecule has 33 heavy (non-hydrogen) atoms. The minimum Gasteiger partial charge on any atom is -0.361 e. The molecule has 1 saturated carbocycles. The number of benzene rings is 3. The lowest BCUT2D eigenvalue weighted by Crippen LogP contribution is -2.25. The molecule has 3 aromatic carbocycles. The van der Waals surface area contributed by atoms with E-state index in [-0.39, 0.29) is 0 Å². The third-order valence-corrected chi connectivity index (χ3v) is 8.29. The molecule has 0 aliphatic heterocycles. The fourth-order valence-electron chi connectivity index (χ4n) is 4.95. The zero-order valence-corrected chi connectivity index (χ0v) is 19.6. The van der Waals surface area contributed by atoms with Crippen molar-refractivity contribution >= 4 is 20.9 Å². The largest absolute Gasteiger partial charge is 0.361 e. The zero-order chi connectivity index (χ0) is 22.7. The van der Waals surface area contributed by atoms with Crippen LogP contribution in [0.2, 0.25) is 0 Å². The first-order valence-electron chi connectivity index (χ1n) is 11.8. The first kappa shape index (κ1) is 21.9. The molecular formula is C28H30N2O2S. The second-order valence-corrected chi connectivity index (χ2v) is 10.9. The van der Waals surface area contributed by atoms with Crippen molar-refractivity contribution in [3.05, 3.63) is 90.1 Å². The van der Waals surface area contributed by atoms with E-state index >= 15 is 0 Å². The topological polar surface area (TPSA) is 62.0 Å². The normalized spacial score (nSPS) is 14.8. The van der Waals surface area contributed by atoms with E-state index in [1.54, 1.807) is 12.1 Å². The number of sulfonamides is 1. The number of H-pyrrole nitrogens is 1. The summed E-state index contributed by atoms with van der Waals surface area (Å²) >= 11 is 0. The van der Waals surface area contributed by atoms with Crippen LogP contribution >= 0.6 is 0 Å². The van der Waals surface area contributed by atoms with Crippen molar-refractivity contribution in [3.8, 4) is 11.1 Å². The molecule has 5 heteroatoms. The highest BCUT2D eigenvalue weighted by atomic mass is 32.2. The summed E-state index contributed by atoms with van der Waals surface area (Å²) in [5.74, 6) is 0.837. The highest BCUT2D eigenvalue weighted by Crippen LogP contribution is 2.29. The molecule has 0 unspecified atom stereocenters. The second-order valence-electron chi connectivity index (χ2n) is 9.08. The highest BCUT2D eigenvalue weighted by molar-refractivity contribution is 7.89. The minimum absolute atomic E-state index is 0.294. The fraction of sp³-hybridized carbons (Fsp3) is 0.286. The van der Waals surface area contributed by atoms with E-state index in [9.17, 15) is 8.42 Å². The third kappa shape index (κ3) is 5.05. The smallest absolute Gasteiger partial charge is 0.240 e. The van der Waals surface area contributed by atoms with Crippen LogP contribution < -0.4 is 4.72 Å². The molecule has 0 saturated heterocycles. The SMILES string of the molecule is O=S(=O)(NCCc1c[nH]c2ccccc12)c1ccc(-c2ccc(CC3CCCC3)cc2)cc1. The highest BCUT2D eigenvalue weighted by Gasteiger charge is 2.16. The van der Waals surface area contributed by atoms with Gasteiger partial charge in [0.1, 0.15) is 0 Å². The summed E-state index contributed by atoms with van der Waals surface area (Å²) in [5.41, 5.74) is 5.71. The predicted molar refractivity (Wildman–Crippen MR) is 135 cm³/mol. The molecule has 0 radical (unpaired) electrons. The summed E-state index contributed by atoms with van der Waals surface area (Å²) in [6, 6.07) is 23.9. The van der Waals surface area contributed by atoms with Crippen molar-refractivity contribution in [2.24, 2.45) is 5.92 Å². The Bertz CT molecular complexity index is 1320. The summed E-state index contributed by atoms with van der Waals surface area (Å²) in [5, 5.41) is 1.13. The first-order chi connectivity index (χ1) is 16.1. The number of rotatable bonds is 8. The van der Waals surface area contributed by atoms with Crippen LogP contribution in [0.3, 0.4) is 0 Å². The number of para-hydroxylation sites is 1. The van der Waals surface area contributed by atoms with E-state index in [1.807, 2.05) is 36.5 Å². The Morgan fingerprint density at radius 2 is 1.52 bits per heavy atom. The molecule has 2 N–H and O–H groups in total. The van der Waals surface area contributed by atoms with Crippen molar-refractivity contribution in [3.63, 3.8) is 0 Å². The van der Waals surface area contributed by atoms with Crippen molar-refractivity contribution in [1.29, 1.82) is 0 Å². The summed E-state index contributed by atoms with van der Waals surface area (Å²) in [4.78, 5) is 3.53. The van der Waals surface area contributed by atoms with Crippen LogP contribution in [0.15, 0.2) is 83.9 Å². The second kappa shape index (κ2) is 9.54. The van der Waals surface area contributed by atoms with Crippen molar-refractivity contribution < 1.29 is 8.42 Å². The van der Waals surface area contributed by atoms with Crippen molar-refractivity contribution in [2.75, 3.05) is 6.54 Å². The van der Waals surface area contributed by atoms with Gasteiger partial charge in [0, 0.05) is 23.6 Å². The molecule has 0 bridgehead atoms. The quantitative estimate of drug-likeness (QED) is 0.336. The molecule has 0 spiro atoms. The van der Waals surface area contributed by atoms with E-state index in [0.717, 1.165) is 33.5 Å².